The first-order chi connectivity index (χ1) is 18.6. The number of benzene rings is 2. The Morgan fingerprint density at radius 2 is 2.00 bits per heavy atom. The Morgan fingerprint density at radius 3 is 2.69 bits per heavy atom. The Labute approximate surface area is 235 Å². The number of furan rings is 1. The second-order valence-corrected chi connectivity index (χ2v) is 10.3. The highest BCUT2D eigenvalue weighted by molar-refractivity contribution is 6.40. The van der Waals surface area contributed by atoms with Gasteiger partial charge in [-0.15, -0.1) is 0 Å². The van der Waals surface area contributed by atoms with Gasteiger partial charge in [0.1, 0.15) is 11.6 Å². The predicted molar refractivity (Wildman–Crippen MR) is 151 cm³/mol. The molecule has 2 aromatic carbocycles. The van der Waals surface area contributed by atoms with Crippen LogP contribution in [0.2, 0.25) is 10.0 Å². The van der Waals surface area contributed by atoms with E-state index in [-0.39, 0.29) is 40.5 Å². The van der Waals surface area contributed by atoms with Gasteiger partial charge in [-0.2, -0.15) is 0 Å². The zero-order valence-electron chi connectivity index (χ0n) is 21.4. The molecule has 3 aromatic rings. The van der Waals surface area contributed by atoms with Gasteiger partial charge >= 0.3 is 5.97 Å². The summed E-state index contributed by atoms with van der Waals surface area (Å²) in [7, 11) is 0. The molecule has 1 aromatic heterocycles. The van der Waals surface area contributed by atoms with Gasteiger partial charge in [0, 0.05) is 42.7 Å². The minimum absolute atomic E-state index is 0.00290. The van der Waals surface area contributed by atoms with Crippen molar-refractivity contribution in [3.8, 4) is 0 Å². The average Bonchev–Trinajstić information content (AvgIpc) is 3.37. The molecule has 0 fully saturated rings. The molecule has 0 radical (unpaired) electrons. The van der Waals surface area contributed by atoms with Gasteiger partial charge in [-0.05, 0) is 67.4 Å². The van der Waals surface area contributed by atoms with Crippen LogP contribution in [0, 0.1) is 0 Å². The number of nitrogens with two attached hydrogens (primary N) is 1. The van der Waals surface area contributed by atoms with Crippen LogP contribution >= 0.6 is 23.2 Å². The largest absolute Gasteiger partial charge is 0.480 e. The number of carbonyl (C=O) groups is 3. The van der Waals surface area contributed by atoms with Crippen molar-refractivity contribution in [3.05, 3.63) is 80.7 Å². The van der Waals surface area contributed by atoms with E-state index < -0.39 is 17.9 Å². The van der Waals surface area contributed by atoms with E-state index in [0.29, 0.717) is 40.8 Å². The van der Waals surface area contributed by atoms with Gasteiger partial charge < -0.3 is 25.5 Å². The maximum Gasteiger partial charge on any atom is 0.326 e. The normalized spacial score (nSPS) is 14.6. The van der Waals surface area contributed by atoms with E-state index in [1.807, 2.05) is 26.0 Å². The van der Waals surface area contributed by atoms with Crippen molar-refractivity contribution >= 4 is 58.2 Å². The van der Waals surface area contributed by atoms with E-state index in [2.05, 4.69) is 10.3 Å². The zero-order valence-corrected chi connectivity index (χ0v) is 22.9. The molecule has 11 heteroatoms. The number of halogens is 2. The Balaban J connectivity index is 1.52. The van der Waals surface area contributed by atoms with Crippen molar-refractivity contribution in [1.82, 2.24) is 10.2 Å². The Kier molecular flexibility index (Phi) is 8.62. The molecule has 9 nitrogen and oxygen atoms in total. The molecule has 1 aliphatic heterocycles. The van der Waals surface area contributed by atoms with Crippen molar-refractivity contribution in [1.29, 1.82) is 0 Å². The van der Waals surface area contributed by atoms with Gasteiger partial charge in [0.15, 0.2) is 0 Å². The second kappa shape index (κ2) is 11.9. The SMILES string of the molecule is CC(C)N=CC(=CN)C[C@H](NC(=O)c1c(Cl)cc2c(c1Cl)CCN(C(=O)c1ccc3ccoc3c1)C2)C(=O)O. The summed E-state index contributed by atoms with van der Waals surface area (Å²) in [4.78, 5) is 44.1. The van der Waals surface area contributed by atoms with Crippen LogP contribution in [-0.4, -0.2) is 52.6 Å². The van der Waals surface area contributed by atoms with Crippen LogP contribution in [-0.2, 0) is 17.8 Å². The summed E-state index contributed by atoms with van der Waals surface area (Å²) >= 11 is 13.1. The van der Waals surface area contributed by atoms with Crippen molar-refractivity contribution < 1.29 is 23.9 Å². The van der Waals surface area contributed by atoms with E-state index >= 15 is 0 Å². The third-order valence-corrected chi connectivity index (χ3v) is 7.13. The fraction of sp³-hybridized carbons (Fsp3) is 0.286. The van der Waals surface area contributed by atoms with E-state index in [0.717, 1.165) is 5.39 Å². The maximum atomic E-state index is 13.2. The van der Waals surface area contributed by atoms with Gasteiger partial charge in [0.05, 0.1) is 21.9 Å². The van der Waals surface area contributed by atoms with Crippen LogP contribution in [0.15, 0.2) is 57.8 Å². The topological polar surface area (TPSA) is 138 Å². The van der Waals surface area contributed by atoms with Crippen LogP contribution in [0.1, 0.15) is 52.1 Å². The third kappa shape index (κ3) is 6.26. The number of aliphatic imine (C=N–C) groups is 1. The van der Waals surface area contributed by atoms with Crippen LogP contribution in [0.4, 0.5) is 0 Å². The van der Waals surface area contributed by atoms with Gasteiger partial charge in [0.25, 0.3) is 11.8 Å². The molecule has 0 bridgehead atoms. The fourth-order valence-corrected chi connectivity index (χ4v) is 5.14. The summed E-state index contributed by atoms with van der Waals surface area (Å²) in [6.07, 6.45) is 4.64. The van der Waals surface area contributed by atoms with Crippen molar-refractivity contribution in [2.45, 2.75) is 45.3 Å². The molecule has 0 unspecified atom stereocenters. The molecule has 0 saturated carbocycles. The number of amides is 2. The molecular weight excluding hydrogens is 543 g/mol. The van der Waals surface area contributed by atoms with Gasteiger partial charge in [-0.1, -0.05) is 29.3 Å². The number of aliphatic carboxylic acids is 1. The van der Waals surface area contributed by atoms with Gasteiger partial charge in [-0.3, -0.25) is 14.6 Å². The summed E-state index contributed by atoms with van der Waals surface area (Å²) in [6.45, 7) is 4.37. The number of rotatable bonds is 8. The average molecular weight is 571 g/mol. The number of hydrogen-bond donors (Lipinski definition) is 3. The van der Waals surface area contributed by atoms with Gasteiger partial charge in [-0.25, -0.2) is 4.79 Å². The number of hydrogen-bond acceptors (Lipinski definition) is 6. The maximum absolute atomic E-state index is 13.2. The highest BCUT2D eigenvalue weighted by Crippen LogP contribution is 2.35. The lowest BCUT2D eigenvalue weighted by Gasteiger charge is -2.30. The Bertz CT molecular complexity index is 1490. The number of carboxylic acid groups (broad SMARTS) is 1. The Morgan fingerprint density at radius 1 is 1.23 bits per heavy atom. The van der Waals surface area contributed by atoms with Crippen LogP contribution in [0.3, 0.4) is 0 Å². The van der Waals surface area contributed by atoms with Gasteiger partial charge in [0.2, 0.25) is 0 Å². The molecule has 0 saturated heterocycles. The zero-order chi connectivity index (χ0) is 28.3. The fourth-order valence-electron chi connectivity index (χ4n) is 4.38. The molecule has 2 amide bonds. The summed E-state index contributed by atoms with van der Waals surface area (Å²) in [5.41, 5.74) is 8.60. The molecule has 2 heterocycles. The monoisotopic (exact) mass is 570 g/mol. The first-order valence-corrected chi connectivity index (χ1v) is 13.1. The highest BCUT2D eigenvalue weighted by atomic mass is 35.5. The van der Waals surface area contributed by atoms with E-state index in [1.54, 1.807) is 29.4 Å². The minimum atomic E-state index is -1.28. The molecule has 1 atom stereocenters. The lowest BCUT2D eigenvalue weighted by atomic mass is 9.95. The standard InChI is InChI=1S/C28H28Cl2N4O5/c1-15(2)32-13-16(12-31)9-22(28(37)38)33-26(35)24-21(29)10-19-14-34(7-5-20(19)25(24)30)27(36)18-4-3-17-6-8-39-23(17)11-18/h3-4,6,8,10-13,15,22H,5,7,9,14,31H2,1-2H3,(H,33,35)(H,37,38)/t22-/m0/s1. The first-order valence-electron chi connectivity index (χ1n) is 12.3. The molecule has 0 spiro atoms. The predicted octanol–water partition coefficient (Wildman–Crippen LogP) is 4.83. The van der Waals surface area contributed by atoms with E-state index in [4.69, 9.17) is 33.4 Å². The minimum Gasteiger partial charge on any atom is -0.480 e. The quantitative estimate of drug-likeness (QED) is 0.331. The van der Waals surface area contributed by atoms with Crippen LogP contribution in [0.25, 0.3) is 11.0 Å². The summed E-state index contributed by atoms with van der Waals surface area (Å²) in [5.74, 6) is -2.13. The first kappa shape index (κ1) is 28.2. The molecule has 1 aliphatic rings. The molecule has 4 N–H and O–H groups in total. The number of fused-ring (bicyclic) bond motifs is 2. The number of nitrogens with zero attached hydrogens (tertiary/aromatic N) is 2. The number of carbonyl (C=O) groups excluding carboxylic acids is 2. The summed E-state index contributed by atoms with van der Waals surface area (Å²) < 4.78 is 5.41. The van der Waals surface area contributed by atoms with E-state index in [9.17, 15) is 19.5 Å². The molecule has 0 aliphatic carbocycles. The van der Waals surface area contributed by atoms with Crippen LogP contribution < -0.4 is 11.1 Å². The second-order valence-electron chi connectivity index (χ2n) is 9.52. The third-order valence-electron chi connectivity index (χ3n) is 6.42. The van der Waals surface area contributed by atoms with E-state index in [1.165, 1.54) is 12.4 Å². The molecule has 204 valence electrons. The number of carboxylic acids is 1. The molecule has 39 heavy (non-hydrogen) atoms. The summed E-state index contributed by atoms with van der Waals surface area (Å²) in [6, 6.07) is 7.43. The van der Waals surface area contributed by atoms with Crippen LogP contribution in [0.5, 0.6) is 0 Å². The summed E-state index contributed by atoms with van der Waals surface area (Å²) in [5, 5.41) is 13.3. The van der Waals surface area contributed by atoms with Crippen molar-refractivity contribution in [2.75, 3.05) is 6.54 Å². The van der Waals surface area contributed by atoms with Crippen molar-refractivity contribution in [3.63, 3.8) is 0 Å². The number of nitrogens with one attached hydrogen (secondary N) is 1. The van der Waals surface area contributed by atoms with Crippen molar-refractivity contribution in [2.24, 2.45) is 10.7 Å². The Hall–Kier alpha value is -3.82. The molecule has 4 rings (SSSR count). The molecular formula is C28H28Cl2N4O5. The smallest absolute Gasteiger partial charge is 0.326 e. The highest BCUT2D eigenvalue weighted by Gasteiger charge is 2.30. The lowest BCUT2D eigenvalue weighted by molar-refractivity contribution is -0.139. The lowest BCUT2D eigenvalue weighted by Crippen LogP contribution is -2.42.